The molecule has 140 valence electrons. The van der Waals surface area contributed by atoms with E-state index in [2.05, 4.69) is 0 Å². The number of benzene rings is 1. The maximum Gasteiger partial charge on any atom is 0.315 e. The van der Waals surface area contributed by atoms with Crippen LogP contribution in [-0.4, -0.2) is 52.6 Å². The van der Waals surface area contributed by atoms with Gasteiger partial charge in [-0.2, -0.15) is 0 Å². The van der Waals surface area contributed by atoms with E-state index >= 15 is 0 Å². The Morgan fingerprint density at radius 1 is 0.808 bits per heavy atom. The van der Waals surface area contributed by atoms with Crippen LogP contribution in [0.2, 0.25) is 0 Å². The molecular weight excluding hydrogens is 344 g/mol. The van der Waals surface area contributed by atoms with E-state index in [0.29, 0.717) is 11.1 Å². The molecule has 26 heavy (non-hydrogen) atoms. The lowest BCUT2D eigenvalue weighted by molar-refractivity contribution is -0.292. The summed E-state index contributed by atoms with van der Waals surface area (Å²) in [4.78, 5) is 25.6. The highest BCUT2D eigenvalue weighted by molar-refractivity contribution is 5.85. The third-order valence-electron chi connectivity index (χ3n) is 5.17. The minimum absolute atomic E-state index is 0.282. The highest BCUT2D eigenvalue weighted by Crippen LogP contribution is 2.57. The van der Waals surface area contributed by atoms with E-state index < -0.39 is 35.3 Å². The van der Waals surface area contributed by atoms with Crippen molar-refractivity contribution in [2.45, 2.75) is 11.6 Å². The zero-order chi connectivity index (χ0) is 18.4. The fraction of sp³-hybridized carbons (Fsp3) is 0.556. The van der Waals surface area contributed by atoms with Crippen molar-refractivity contribution in [3.8, 4) is 0 Å². The van der Waals surface area contributed by atoms with Gasteiger partial charge < -0.3 is 28.4 Å². The maximum absolute atomic E-state index is 12.8. The molecule has 8 nitrogen and oxygen atoms in total. The third kappa shape index (κ3) is 2.16. The number of hydrogen-bond acceptors (Lipinski definition) is 8. The van der Waals surface area contributed by atoms with Gasteiger partial charge in [-0.15, -0.1) is 0 Å². The second-order valence-corrected chi connectivity index (χ2v) is 6.28. The van der Waals surface area contributed by atoms with E-state index in [0.717, 1.165) is 0 Å². The van der Waals surface area contributed by atoms with E-state index in [9.17, 15) is 9.59 Å². The molecule has 4 rings (SSSR count). The molecule has 2 heterocycles. The molecule has 0 unspecified atom stereocenters. The lowest BCUT2D eigenvalue weighted by Crippen LogP contribution is -2.60. The quantitative estimate of drug-likeness (QED) is 0.708. The van der Waals surface area contributed by atoms with Crippen molar-refractivity contribution in [1.29, 1.82) is 0 Å². The van der Waals surface area contributed by atoms with Crippen molar-refractivity contribution in [2.24, 2.45) is 11.8 Å². The van der Waals surface area contributed by atoms with Crippen molar-refractivity contribution < 1.29 is 38.0 Å². The van der Waals surface area contributed by atoms with Crippen LogP contribution in [-0.2, 0) is 49.6 Å². The molecule has 8 heteroatoms. The Hall–Kier alpha value is -2.00. The number of ether oxygens (including phenoxy) is 6. The number of rotatable bonds is 2. The molecule has 0 amide bonds. The van der Waals surface area contributed by atoms with Crippen molar-refractivity contribution in [3.63, 3.8) is 0 Å². The molecule has 0 bridgehead atoms. The number of carbonyl (C=O) groups is 2. The summed E-state index contributed by atoms with van der Waals surface area (Å²) in [5, 5.41) is 0. The second-order valence-electron chi connectivity index (χ2n) is 6.28. The first-order chi connectivity index (χ1) is 12.6. The molecule has 1 aromatic rings. The molecule has 1 aromatic carbocycles. The van der Waals surface area contributed by atoms with Gasteiger partial charge in [0.25, 0.3) is 0 Å². The lowest BCUT2D eigenvalue weighted by Gasteiger charge is -2.49. The van der Waals surface area contributed by atoms with Gasteiger partial charge in [0.15, 0.2) is 0 Å². The average molecular weight is 364 g/mol. The summed E-state index contributed by atoms with van der Waals surface area (Å²) >= 11 is 0. The Kier molecular flexibility index (Phi) is 4.23. The Morgan fingerprint density at radius 2 is 1.15 bits per heavy atom. The summed E-state index contributed by atoms with van der Waals surface area (Å²) in [5.41, 5.74) is 1.19. The smallest absolute Gasteiger partial charge is 0.315 e. The largest absolute Gasteiger partial charge is 0.469 e. The lowest BCUT2D eigenvalue weighted by atomic mass is 9.67. The van der Waals surface area contributed by atoms with Crippen LogP contribution in [0.25, 0.3) is 0 Å². The van der Waals surface area contributed by atoms with Crippen molar-refractivity contribution in [3.05, 3.63) is 35.4 Å². The zero-order valence-electron chi connectivity index (χ0n) is 14.6. The van der Waals surface area contributed by atoms with Gasteiger partial charge >= 0.3 is 11.9 Å². The Balaban J connectivity index is 2.02. The standard InChI is InChI=1S/C18H20O8/c1-21-15(19)13-14(16(20)22-2)18(25-9-10-26-18)12-6-4-3-5-11(12)17(13)23-7-8-24-17/h3-6,13-14H,7-10H2,1-2H3/t13-,14-/m0/s1. The molecule has 2 fully saturated rings. The van der Waals surface area contributed by atoms with E-state index in [4.69, 9.17) is 28.4 Å². The fourth-order valence-electron chi connectivity index (χ4n) is 4.23. The predicted molar refractivity (Wildman–Crippen MR) is 84.6 cm³/mol. The number of methoxy groups -OCH3 is 2. The summed E-state index contributed by atoms with van der Waals surface area (Å²) in [6.07, 6.45) is 0. The van der Waals surface area contributed by atoms with E-state index in [1.807, 2.05) is 0 Å². The molecule has 0 radical (unpaired) electrons. The first-order valence-electron chi connectivity index (χ1n) is 8.42. The molecule has 2 atom stereocenters. The Labute approximate surface area is 150 Å². The van der Waals surface area contributed by atoms with E-state index in [-0.39, 0.29) is 26.4 Å². The van der Waals surface area contributed by atoms with Crippen LogP contribution < -0.4 is 0 Å². The normalized spacial score (nSPS) is 28.1. The number of carbonyl (C=O) groups excluding carboxylic acids is 2. The van der Waals surface area contributed by atoms with Gasteiger partial charge in [0.05, 0.1) is 40.6 Å². The Bertz CT molecular complexity index is 657. The number of hydrogen-bond donors (Lipinski definition) is 0. The summed E-state index contributed by atoms with van der Waals surface area (Å²) in [7, 11) is 2.51. The third-order valence-corrected chi connectivity index (χ3v) is 5.17. The first-order valence-corrected chi connectivity index (χ1v) is 8.42. The molecule has 0 aromatic heterocycles. The summed E-state index contributed by atoms with van der Waals surface area (Å²) in [6.45, 7) is 1.13. The number of fused-ring (bicyclic) bond motifs is 3. The molecule has 2 spiro atoms. The molecule has 0 N–H and O–H groups in total. The molecule has 1 aliphatic carbocycles. The van der Waals surface area contributed by atoms with Crippen LogP contribution in [0.1, 0.15) is 11.1 Å². The van der Waals surface area contributed by atoms with Gasteiger partial charge in [0.2, 0.25) is 11.6 Å². The van der Waals surface area contributed by atoms with Gasteiger partial charge in [0.1, 0.15) is 11.8 Å². The van der Waals surface area contributed by atoms with Crippen LogP contribution >= 0.6 is 0 Å². The fourth-order valence-corrected chi connectivity index (χ4v) is 4.23. The molecule has 2 saturated heterocycles. The highest BCUT2D eigenvalue weighted by Gasteiger charge is 2.69. The van der Waals surface area contributed by atoms with Gasteiger partial charge in [0, 0.05) is 11.1 Å². The van der Waals surface area contributed by atoms with Gasteiger partial charge in [-0.25, -0.2) is 0 Å². The summed E-state index contributed by atoms with van der Waals surface area (Å²) in [5.74, 6) is -6.51. The van der Waals surface area contributed by atoms with Crippen LogP contribution in [0, 0.1) is 11.8 Å². The highest BCUT2D eigenvalue weighted by atomic mass is 16.8. The van der Waals surface area contributed by atoms with Gasteiger partial charge in [-0.1, -0.05) is 24.3 Å². The van der Waals surface area contributed by atoms with Crippen LogP contribution in [0.5, 0.6) is 0 Å². The van der Waals surface area contributed by atoms with Crippen molar-refractivity contribution in [1.82, 2.24) is 0 Å². The minimum Gasteiger partial charge on any atom is -0.469 e. The van der Waals surface area contributed by atoms with Crippen molar-refractivity contribution in [2.75, 3.05) is 40.6 Å². The molecule has 0 saturated carbocycles. The SMILES string of the molecule is COC(=O)[C@@H]1[C@@H](C(=O)OC)C2(OCCO2)c2ccccc2C12OCCO2. The second kappa shape index (κ2) is 6.31. The average Bonchev–Trinajstić information content (AvgIpc) is 3.35. The summed E-state index contributed by atoms with van der Waals surface area (Å²) in [6, 6.07) is 7.19. The minimum atomic E-state index is -1.46. The van der Waals surface area contributed by atoms with Crippen molar-refractivity contribution >= 4 is 11.9 Å². The molecular formula is C18H20O8. The molecule has 3 aliphatic rings. The van der Waals surface area contributed by atoms with E-state index in [1.54, 1.807) is 24.3 Å². The van der Waals surface area contributed by atoms with Crippen LogP contribution in [0.4, 0.5) is 0 Å². The van der Waals surface area contributed by atoms with Crippen LogP contribution in [0.3, 0.4) is 0 Å². The van der Waals surface area contributed by atoms with Gasteiger partial charge in [-0.3, -0.25) is 9.59 Å². The predicted octanol–water partition coefficient (Wildman–Crippen LogP) is 0.678. The first kappa shape index (κ1) is 17.4. The Morgan fingerprint density at radius 3 is 1.46 bits per heavy atom. The monoisotopic (exact) mass is 364 g/mol. The summed E-state index contributed by atoms with van der Waals surface area (Å²) < 4.78 is 33.7. The molecule has 2 aliphatic heterocycles. The topological polar surface area (TPSA) is 89.5 Å². The number of esters is 2. The van der Waals surface area contributed by atoms with E-state index in [1.165, 1.54) is 14.2 Å². The van der Waals surface area contributed by atoms with Gasteiger partial charge in [-0.05, 0) is 0 Å². The van der Waals surface area contributed by atoms with Crippen LogP contribution in [0.15, 0.2) is 24.3 Å². The maximum atomic E-state index is 12.8. The zero-order valence-corrected chi connectivity index (χ0v) is 14.6.